The average Bonchev–Trinajstić information content (AvgIpc) is 2.98. The molecule has 0 aromatic carbocycles. The molecule has 1 unspecified atom stereocenters. The number of piperidine rings is 1. The second kappa shape index (κ2) is 6.93. The molecule has 0 aromatic rings. The summed E-state index contributed by atoms with van der Waals surface area (Å²) in [6, 6.07) is -0.762. The van der Waals surface area contributed by atoms with Crippen molar-refractivity contribution in [1.82, 2.24) is 8.61 Å². The summed E-state index contributed by atoms with van der Waals surface area (Å²) >= 11 is 0. The number of carbonyl (C=O) groups is 2. The molecule has 1 atom stereocenters. The van der Waals surface area contributed by atoms with Crippen LogP contribution in [0, 0.1) is 5.92 Å². The van der Waals surface area contributed by atoms with Crippen LogP contribution in [0.3, 0.4) is 0 Å². The Morgan fingerprint density at radius 2 is 1.82 bits per heavy atom. The monoisotopic (exact) mass is 334 g/mol. The largest absolute Gasteiger partial charge is 0.481 e. The van der Waals surface area contributed by atoms with Gasteiger partial charge >= 0.3 is 11.9 Å². The first kappa shape index (κ1) is 17.2. The lowest BCUT2D eigenvalue weighted by atomic mass is 9.99. The minimum absolute atomic E-state index is 0.172. The number of carboxylic acid groups (broad SMARTS) is 1. The summed E-state index contributed by atoms with van der Waals surface area (Å²) in [7, 11) is -3.75. The van der Waals surface area contributed by atoms with Crippen molar-refractivity contribution >= 4 is 22.1 Å². The molecule has 126 valence electrons. The van der Waals surface area contributed by atoms with Crippen molar-refractivity contribution in [3.8, 4) is 0 Å². The zero-order chi connectivity index (χ0) is 16.3. The lowest BCUT2D eigenvalue weighted by Crippen LogP contribution is -2.51. The average molecular weight is 334 g/mol. The molecule has 0 aromatic heterocycles. The molecule has 2 heterocycles. The van der Waals surface area contributed by atoms with Crippen LogP contribution < -0.4 is 0 Å². The van der Waals surface area contributed by atoms with Gasteiger partial charge in [0.25, 0.3) is 10.2 Å². The summed E-state index contributed by atoms with van der Waals surface area (Å²) in [6.07, 6.45) is 1.68. The second-order valence-corrected chi connectivity index (χ2v) is 7.42. The maximum absolute atomic E-state index is 12.7. The number of nitrogens with zero attached hydrogens (tertiary/aromatic N) is 2. The lowest BCUT2D eigenvalue weighted by molar-refractivity contribution is -0.147. The van der Waals surface area contributed by atoms with E-state index in [0.29, 0.717) is 32.2 Å². The number of hydrogen-bond acceptors (Lipinski definition) is 5. The van der Waals surface area contributed by atoms with Gasteiger partial charge in [0, 0.05) is 19.6 Å². The van der Waals surface area contributed by atoms with E-state index < -0.39 is 34.1 Å². The summed E-state index contributed by atoms with van der Waals surface area (Å²) in [4.78, 5) is 22.8. The van der Waals surface area contributed by atoms with E-state index in [1.165, 1.54) is 8.61 Å². The highest BCUT2D eigenvalue weighted by molar-refractivity contribution is 7.86. The van der Waals surface area contributed by atoms with Gasteiger partial charge in [0.2, 0.25) is 0 Å². The number of carbonyl (C=O) groups excluding carboxylic acids is 1. The molecule has 0 spiro atoms. The van der Waals surface area contributed by atoms with E-state index in [-0.39, 0.29) is 19.7 Å². The van der Waals surface area contributed by atoms with Crippen LogP contribution in [0.1, 0.15) is 32.6 Å². The van der Waals surface area contributed by atoms with Crippen molar-refractivity contribution in [2.24, 2.45) is 5.92 Å². The first-order valence-corrected chi connectivity index (χ1v) is 8.94. The molecule has 9 heteroatoms. The van der Waals surface area contributed by atoms with Gasteiger partial charge in [-0.3, -0.25) is 9.59 Å². The van der Waals surface area contributed by atoms with Gasteiger partial charge in [-0.25, -0.2) is 0 Å². The Labute approximate surface area is 130 Å². The second-order valence-electron chi connectivity index (χ2n) is 5.54. The van der Waals surface area contributed by atoms with E-state index in [2.05, 4.69) is 0 Å². The van der Waals surface area contributed by atoms with Crippen LogP contribution >= 0.6 is 0 Å². The SMILES string of the molecule is CCOC(=O)C1CCCN1S(=O)(=O)N1CCC(C(=O)O)CC1. The predicted molar refractivity (Wildman–Crippen MR) is 77.2 cm³/mol. The summed E-state index contributed by atoms with van der Waals surface area (Å²) in [5.41, 5.74) is 0. The molecule has 8 nitrogen and oxygen atoms in total. The Kier molecular flexibility index (Phi) is 5.41. The van der Waals surface area contributed by atoms with Crippen molar-refractivity contribution in [2.75, 3.05) is 26.2 Å². The molecule has 22 heavy (non-hydrogen) atoms. The zero-order valence-corrected chi connectivity index (χ0v) is 13.4. The number of ether oxygens (including phenoxy) is 1. The predicted octanol–water partition coefficient (Wildman–Crippen LogP) is 0.0553. The Bertz CT molecular complexity index is 527. The first-order valence-electron chi connectivity index (χ1n) is 7.54. The highest BCUT2D eigenvalue weighted by Crippen LogP contribution is 2.27. The number of esters is 1. The third kappa shape index (κ3) is 3.41. The number of rotatable bonds is 5. The summed E-state index contributed by atoms with van der Waals surface area (Å²) in [6.45, 7) is 2.54. The molecule has 0 bridgehead atoms. The quantitative estimate of drug-likeness (QED) is 0.713. The first-order chi connectivity index (χ1) is 10.4. The summed E-state index contributed by atoms with van der Waals surface area (Å²) in [5, 5.41) is 8.97. The van der Waals surface area contributed by atoms with E-state index in [1.54, 1.807) is 6.92 Å². The molecule has 2 fully saturated rings. The van der Waals surface area contributed by atoms with Gasteiger partial charge in [-0.2, -0.15) is 17.0 Å². The third-order valence-electron chi connectivity index (χ3n) is 4.19. The molecular weight excluding hydrogens is 312 g/mol. The minimum Gasteiger partial charge on any atom is -0.481 e. The fourth-order valence-electron chi connectivity index (χ4n) is 2.97. The molecular formula is C13H22N2O6S. The molecule has 1 N–H and O–H groups in total. The molecule has 0 amide bonds. The maximum atomic E-state index is 12.7. The summed E-state index contributed by atoms with van der Waals surface area (Å²) < 4.78 is 32.8. The van der Waals surface area contributed by atoms with E-state index in [9.17, 15) is 18.0 Å². The normalized spacial score (nSPS) is 25.2. The van der Waals surface area contributed by atoms with Gasteiger partial charge in [0.15, 0.2) is 0 Å². The smallest absolute Gasteiger partial charge is 0.324 e. The number of hydrogen-bond donors (Lipinski definition) is 1. The fourth-order valence-corrected chi connectivity index (χ4v) is 4.81. The van der Waals surface area contributed by atoms with Gasteiger partial charge in [-0.1, -0.05) is 0 Å². The van der Waals surface area contributed by atoms with Crippen LogP contribution in [0.5, 0.6) is 0 Å². The fraction of sp³-hybridized carbons (Fsp3) is 0.846. The highest BCUT2D eigenvalue weighted by Gasteiger charge is 2.43. The Balaban J connectivity index is 2.06. The molecule has 0 radical (unpaired) electrons. The van der Waals surface area contributed by atoms with Crippen LogP contribution in [-0.4, -0.2) is 66.4 Å². The van der Waals surface area contributed by atoms with Crippen molar-refractivity contribution in [3.05, 3.63) is 0 Å². The van der Waals surface area contributed by atoms with Crippen LogP contribution in [0.25, 0.3) is 0 Å². The van der Waals surface area contributed by atoms with E-state index in [0.717, 1.165) is 0 Å². The van der Waals surface area contributed by atoms with Crippen molar-refractivity contribution in [3.63, 3.8) is 0 Å². The number of aliphatic carboxylic acids is 1. The Hall–Kier alpha value is -1.19. The van der Waals surface area contributed by atoms with Gasteiger partial charge < -0.3 is 9.84 Å². The zero-order valence-electron chi connectivity index (χ0n) is 12.6. The van der Waals surface area contributed by atoms with E-state index in [1.807, 2.05) is 0 Å². The van der Waals surface area contributed by atoms with Gasteiger partial charge in [-0.05, 0) is 32.6 Å². The van der Waals surface area contributed by atoms with Crippen molar-refractivity contribution in [2.45, 2.75) is 38.6 Å². The van der Waals surface area contributed by atoms with Gasteiger partial charge in [-0.15, -0.1) is 0 Å². The van der Waals surface area contributed by atoms with E-state index in [4.69, 9.17) is 9.84 Å². The van der Waals surface area contributed by atoms with Crippen LogP contribution in [0.2, 0.25) is 0 Å². The van der Waals surface area contributed by atoms with Crippen molar-refractivity contribution < 1.29 is 27.9 Å². The Morgan fingerprint density at radius 1 is 1.18 bits per heavy atom. The standard InChI is InChI=1S/C13H22N2O6S/c1-2-21-13(18)11-4-3-7-15(11)22(19,20)14-8-5-10(6-9-14)12(16)17/h10-11H,2-9H2,1H3,(H,16,17). The summed E-state index contributed by atoms with van der Waals surface area (Å²) in [5.74, 6) is -1.89. The molecule has 0 saturated carbocycles. The highest BCUT2D eigenvalue weighted by atomic mass is 32.2. The topological polar surface area (TPSA) is 104 Å². The molecule has 2 rings (SSSR count). The van der Waals surface area contributed by atoms with E-state index >= 15 is 0 Å². The lowest BCUT2D eigenvalue weighted by Gasteiger charge is -2.33. The van der Waals surface area contributed by atoms with Crippen LogP contribution in [-0.2, 0) is 24.5 Å². The molecule has 2 aliphatic heterocycles. The molecule has 2 saturated heterocycles. The maximum Gasteiger partial charge on any atom is 0.324 e. The van der Waals surface area contributed by atoms with Gasteiger partial charge in [0.1, 0.15) is 6.04 Å². The van der Waals surface area contributed by atoms with Crippen LogP contribution in [0.4, 0.5) is 0 Å². The molecule has 2 aliphatic rings. The Morgan fingerprint density at radius 3 is 2.36 bits per heavy atom. The third-order valence-corrected chi connectivity index (χ3v) is 6.24. The minimum atomic E-state index is -3.75. The van der Waals surface area contributed by atoms with Gasteiger partial charge in [0.05, 0.1) is 12.5 Å². The number of carboxylic acids is 1. The van der Waals surface area contributed by atoms with Crippen LogP contribution in [0.15, 0.2) is 0 Å². The molecule has 0 aliphatic carbocycles. The van der Waals surface area contributed by atoms with Crippen molar-refractivity contribution in [1.29, 1.82) is 0 Å².